The van der Waals surface area contributed by atoms with Gasteiger partial charge in [-0.1, -0.05) is 18.2 Å². The van der Waals surface area contributed by atoms with Crippen LogP contribution in [-0.2, 0) is 11.2 Å². The number of nitrogens with one attached hydrogen (secondary N) is 2. The maximum atomic E-state index is 11.3. The highest BCUT2D eigenvalue weighted by atomic mass is 16.4. The number of aromatic amines is 1. The topological polar surface area (TPSA) is 68.4 Å². The molecule has 102 valence electrons. The second kappa shape index (κ2) is 5.86. The molecule has 0 spiro atoms. The molecule has 0 aliphatic carbocycles. The number of rotatable bonds is 6. The molecule has 3 N–H and O–H groups in total. The van der Waals surface area contributed by atoms with Crippen LogP contribution in [0.15, 0.2) is 30.5 Å². The number of fused-ring (bicyclic) bond motifs is 1. The van der Waals surface area contributed by atoms with Crippen LogP contribution in [-0.4, -0.2) is 47.8 Å². The number of carboxylic acids is 1. The van der Waals surface area contributed by atoms with Gasteiger partial charge in [0, 0.05) is 30.2 Å². The quantitative estimate of drug-likeness (QED) is 0.685. The van der Waals surface area contributed by atoms with Gasteiger partial charge in [0.1, 0.15) is 6.04 Å². The monoisotopic (exact) mass is 261 g/mol. The van der Waals surface area contributed by atoms with Crippen molar-refractivity contribution in [2.75, 3.05) is 20.8 Å². The normalized spacial score (nSPS) is 13.0. The lowest BCUT2D eigenvalue weighted by Crippen LogP contribution is -2.42. The van der Waals surface area contributed by atoms with E-state index in [1.165, 1.54) is 0 Å². The largest absolute Gasteiger partial charge is 0.480 e. The number of aliphatic carboxylic acids is 1. The van der Waals surface area contributed by atoms with E-state index in [2.05, 4.69) is 10.3 Å². The lowest BCUT2D eigenvalue weighted by Gasteiger charge is -2.17. The minimum Gasteiger partial charge on any atom is -0.480 e. The van der Waals surface area contributed by atoms with Crippen LogP contribution in [0.4, 0.5) is 0 Å². The van der Waals surface area contributed by atoms with Crippen molar-refractivity contribution < 1.29 is 9.90 Å². The molecule has 0 saturated carbocycles. The summed E-state index contributed by atoms with van der Waals surface area (Å²) in [4.78, 5) is 16.4. The second-order valence-corrected chi connectivity index (χ2v) is 4.90. The van der Waals surface area contributed by atoms with E-state index >= 15 is 0 Å². The number of H-pyrrole nitrogens is 1. The van der Waals surface area contributed by atoms with Crippen molar-refractivity contribution in [2.45, 2.75) is 12.5 Å². The number of hydrogen-bond acceptors (Lipinski definition) is 3. The Labute approximate surface area is 112 Å². The lowest BCUT2D eigenvalue weighted by molar-refractivity contribution is -0.139. The third kappa shape index (κ3) is 3.33. The number of carbonyl (C=O) groups is 1. The minimum absolute atomic E-state index is 0.465. The number of hydrogen-bond donors (Lipinski definition) is 3. The zero-order valence-corrected chi connectivity index (χ0v) is 11.2. The van der Waals surface area contributed by atoms with Crippen molar-refractivity contribution in [2.24, 2.45) is 0 Å². The summed E-state index contributed by atoms with van der Waals surface area (Å²) in [5.74, 6) is -0.827. The van der Waals surface area contributed by atoms with E-state index in [1.54, 1.807) is 0 Å². The van der Waals surface area contributed by atoms with E-state index in [1.807, 2.05) is 49.5 Å². The van der Waals surface area contributed by atoms with Crippen LogP contribution in [0.25, 0.3) is 10.9 Å². The molecule has 19 heavy (non-hydrogen) atoms. The van der Waals surface area contributed by atoms with Crippen molar-refractivity contribution in [3.05, 3.63) is 36.0 Å². The molecular formula is C14H19N3O2. The van der Waals surface area contributed by atoms with E-state index in [9.17, 15) is 9.90 Å². The molecule has 1 unspecified atom stereocenters. The van der Waals surface area contributed by atoms with E-state index in [0.717, 1.165) is 16.5 Å². The summed E-state index contributed by atoms with van der Waals surface area (Å²) in [6.45, 7) is 0.541. The molecule has 2 aromatic rings. The minimum atomic E-state index is -0.827. The van der Waals surface area contributed by atoms with Gasteiger partial charge in [0.05, 0.1) is 0 Å². The van der Waals surface area contributed by atoms with Crippen molar-refractivity contribution in [1.82, 2.24) is 15.2 Å². The fourth-order valence-corrected chi connectivity index (χ4v) is 2.06. The molecule has 1 atom stereocenters. The lowest BCUT2D eigenvalue weighted by atomic mass is 10.1. The van der Waals surface area contributed by atoms with Crippen LogP contribution in [0, 0.1) is 0 Å². The van der Waals surface area contributed by atoms with Gasteiger partial charge in [-0.2, -0.15) is 0 Å². The Bertz CT molecular complexity index is 563. The Morgan fingerprint density at radius 1 is 1.42 bits per heavy atom. The first-order chi connectivity index (χ1) is 9.08. The van der Waals surface area contributed by atoms with Gasteiger partial charge in [-0.25, -0.2) is 0 Å². The number of carboxylic acid groups (broad SMARTS) is 1. The van der Waals surface area contributed by atoms with Crippen molar-refractivity contribution in [3.63, 3.8) is 0 Å². The fraction of sp³-hybridized carbons (Fsp3) is 0.357. The first-order valence-electron chi connectivity index (χ1n) is 6.24. The molecule has 0 aliphatic rings. The molecule has 1 aromatic carbocycles. The molecule has 2 rings (SSSR count). The Morgan fingerprint density at radius 2 is 2.16 bits per heavy atom. The summed E-state index contributed by atoms with van der Waals surface area (Å²) in [5.41, 5.74) is 2.06. The number of aromatic nitrogens is 1. The van der Waals surface area contributed by atoms with Gasteiger partial charge in [0.15, 0.2) is 0 Å². The van der Waals surface area contributed by atoms with Gasteiger partial charge in [-0.05, 0) is 25.7 Å². The molecule has 0 saturated heterocycles. The summed E-state index contributed by atoms with van der Waals surface area (Å²) in [6.07, 6.45) is 2.35. The van der Waals surface area contributed by atoms with Crippen LogP contribution >= 0.6 is 0 Å². The first-order valence-corrected chi connectivity index (χ1v) is 6.24. The average Bonchev–Trinajstić information content (AvgIpc) is 2.77. The number of nitrogens with zero attached hydrogens (tertiary/aromatic N) is 1. The van der Waals surface area contributed by atoms with Gasteiger partial charge in [0.2, 0.25) is 0 Å². The molecule has 1 heterocycles. The smallest absolute Gasteiger partial charge is 0.321 e. The van der Waals surface area contributed by atoms with Gasteiger partial charge in [-0.15, -0.1) is 0 Å². The summed E-state index contributed by atoms with van der Waals surface area (Å²) in [5, 5.41) is 13.4. The van der Waals surface area contributed by atoms with E-state index in [0.29, 0.717) is 13.1 Å². The van der Waals surface area contributed by atoms with E-state index < -0.39 is 12.0 Å². The SMILES string of the molecule is CN(C)CNC(Cc1c[nH]c2ccccc12)C(=O)O. The summed E-state index contributed by atoms with van der Waals surface area (Å²) >= 11 is 0. The average molecular weight is 261 g/mol. The van der Waals surface area contributed by atoms with Crippen LogP contribution in [0.3, 0.4) is 0 Å². The third-order valence-electron chi connectivity index (χ3n) is 3.05. The van der Waals surface area contributed by atoms with Crippen LogP contribution < -0.4 is 5.32 Å². The Hall–Kier alpha value is -1.85. The fourth-order valence-electron chi connectivity index (χ4n) is 2.06. The number of benzene rings is 1. The highest BCUT2D eigenvalue weighted by molar-refractivity contribution is 5.84. The Balaban J connectivity index is 2.14. The molecule has 0 bridgehead atoms. The summed E-state index contributed by atoms with van der Waals surface area (Å²) < 4.78 is 0. The third-order valence-corrected chi connectivity index (χ3v) is 3.05. The summed E-state index contributed by atoms with van der Waals surface area (Å²) in [7, 11) is 3.80. The molecule has 0 aliphatic heterocycles. The van der Waals surface area contributed by atoms with Crippen molar-refractivity contribution in [3.8, 4) is 0 Å². The summed E-state index contributed by atoms with van der Waals surface area (Å²) in [6, 6.07) is 7.33. The highest BCUT2D eigenvalue weighted by Crippen LogP contribution is 2.19. The first kappa shape index (κ1) is 13.6. The van der Waals surface area contributed by atoms with Crippen molar-refractivity contribution >= 4 is 16.9 Å². The van der Waals surface area contributed by atoms with Crippen LogP contribution in [0.2, 0.25) is 0 Å². The molecule has 5 heteroatoms. The zero-order chi connectivity index (χ0) is 13.8. The Morgan fingerprint density at radius 3 is 2.84 bits per heavy atom. The predicted octanol–water partition coefficient (Wildman–Crippen LogP) is 1.27. The molecular weight excluding hydrogens is 242 g/mol. The predicted molar refractivity (Wildman–Crippen MR) is 75.1 cm³/mol. The van der Waals surface area contributed by atoms with Gasteiger partial charge in [-0.3, -0.25) is 15.0 Å². The van der Waals surface area contributed by atoms with Crippen molar-refractivity contribution in [1.29, 1.82) is 0 Å². The molecule has 1 aromatic heterocycles. The Kier molecular flexibility index (Phi) is 4.19. The molecule has 0 fully saturated rings. The van der Waals surface area contributed by atoms with Crippen LogP contribution in [0.5, 0.6) is 0 Å². The van der Waals surface area contributed by atoms with Crippen LogP contribution in [0.1, 0.15) is 5.56 Å². The van der Waals surface area contributed by atoms with Gasteiger partial charge >= 0.3 is 5.97 Å². The highest BCUT2D eigenvalue weighted by Gasteiger charge is 2.19. The second-order valence-electron chi connectivity index (χ2n) is 4.90. The standard InChI is InChI=1S/C14H19N3O2/c1-17(2)9-16-13(14(18)19)7-10-8-15-12-6-4-3-5-11(10)12/h3-6,8,13,15-16H,7,9H2,1-2H3,(H,18,19). The van der Waals surface area contributed by atoms with E-state index in [-0.39, 0.29) is 0 Å². The van der Waals surface area contributed by atoms with E-state index in [4.69, 9.17) is 0 Å². The molecule has 0 amide bonds. The maximum absolute atomic E-state index is 11.3. The van der Waals surface area contributed by atoms with Gasteiger partial charge in [0.25, 0.3) is 0 Å². The maximum Gasteiger partial charge on any atom is 0.321 e. The molecule has 5 nitrogen and oxygen atoms in total. The zero-order valence-electron chi connectivity index (χ0n) is 11.2. The number of para-hydroxylation sites is 1. The molecule has 0 radical (unpaired) electrons. The van der Waals surface area contributed by atoms with Gasteiger partial charge < -0.3 is 10.1 Å².